The summed E-state index contributed by atoms with van der Waals surface area (Å²) in [6, 6.07) is 15.4. The molecule has 3 amide bonds. The Morgan fingerprint density at radius 2 is 1.70 bits per heavy atom. The maximum atomic E-state index is 13.9. The number of rotatable bonds is 18. The average molecular weight is 686 g/mol. The number of terminal acetylenes is 1. The summed E-state index contributed by atoms with van der Waals surface area (Å²) < 4.78 is 0. The number of fused-ring (bicyclic) bond motifs is 1. The van der Waals surface area contributed by atoms with Crippen molar-refractivity contribution in [2.45, 2.75) is 109 Å². The van der Waals surface area contributed by atoms with E-state index < -0.39 is 42.0 Å². The van der Waals surface area contributed by atoms with Crippen LogP contribution in [0.2, 0.25) is 0 Å². The summed E-state index contributed by atoms with van der Waals surface area (Å²) in [6.45, 7) is 4.35. The van der Waals surface area contributed by atoms with Gasteiger partial charge in [-0.15, -0.1) is 12.3 Å². The van der Waals surface area contributed by atoms with Gasteiger partial charge in [0.05, 0.1) is 29.1 Å². The predicted octanol–water partition coefficient (Wildman–Crippen LogP) is 4.54. The molecule has 270 valence electrons. The third kappa shape index (κ3) is 11.7. The minimum atomic E-state index is -1.16. The van der Waals surface area contributed by atoms with Gasteiger partial charge >= 0.3 is 0 Å². The van der Waals surface area contributed by atoms with Gasteiger partial charge in [-0.25, -0.2) is 4.98 Å². The number of hydrogen-bond donors (Lipinski definition) is 5. The van der Waals surface area contributed by atoms with Crippen LogP contribution in [-0.2, 0) is 27.2 Å². The molecule has 5 atom stereocenters. The van der Waals surface area contributed by atoms with Gasteiger partial charge in [-0.3, -0.25) is 14.4 Å². The first-order valence-electron chi connectivity index (χ1n) is 18.2. The molecule has 10 heteroatoms. The molecule has 50 heavy (non-hydrogen) atoms. The number of carbonyl (C=O) groups is 3. The van der Waals surface area contributed by atoms with Crippen LogP contribution in [0.25, 0.3) is 11.0 Å². The number of carbonyl (C=O) groups excluding carboxylic acids is 3. The highest BCUT2D eigenvalue weighted by Gasteiger charge is 2.34. The first-order chi connectivity index (χ1) is 24.0. The Morgan fingerprint density at radius 1 is 1.00 bits per heavy atom. The van der Waals surface area contributed by atoms with E-state index in [1.54, 1.807) is 11.9 Å². The van der Waals surface area contributed by atoms with Gasteiger partial charge in [-0.1, -0.05) is 88.4 Å². The molecule has 10 nitrogen and oxygen atoms in total. The third-order valence-electron chi connectivity index (χ3n) is 9.78. The molecular weight excluding hydrogens is 630 g/mol. The van der Waals surface area contributed by atoms with E-state index >= 15 is 0 Å². The number of H-pyrrole nitrogens is 1. The number of hydrogen-bond acceptors (Lipinski definition) is 6. The summed E-state index contributed by atoms with van der Waals surface area (Å²) >= 11 is 0. The summed E-state index contributed by atoms with van der Waals surface area (Å²) in [5.74, 6) is 1.83. The van der Waals surface area contributed by atoms with E-state index in [-0.39, 0.29) is 24.7 Å². The van der Waals surface area contributed by atoms with E-state index in [0.717, 1.165) is 48.1 Å². The highest BCUT2D eigenvalue weighted by molar-refractivity contribution is 5.91. The van der Waals surface area contributed by atoms with Crippen molar-refractivity contribution in [1.82, 2.24) is 25.5 Å². The van der Waals surface area contributed by atoms with E-state index in [4.69, 9.17) is 6.42 Å². The van der Waals surface area contributed by atoms with Crippen LogP contribution in [0.4, 0.5) is 0 Å². The molecule has 1 aliphatic carbocycles. The maximum Gasteiger partial charge on any atom is 0.243 e. The molecule has 4 rings (SSSR count). The second-order valence-corrected chi connectivity index (χ2v) is 14.4. The van der Waals surface area contributed by atoms with E-state index in [9.17, 15) is 24.6 Å². The number of para-hydroxylation sites is 2. The number of aliphatic hydroxyl groups excluding tert-OH is 2. The van der Waals surface area contributed by atoms with E-state index in [2.05, 4.69) is 26.5 Å². The molecule has 1 aliphatic rings. The lowest BCUT2D eigenvalue weighted by Gasteiger charge is -2.33. The predicted molar refractivity (Wildman–Crippen MR) is 196 cm³/mol. The zero-order valence-corrected chi connectivity index (χ0v) is 29.8. The van der Waals surface area contributed by atoms with Gasteiger partial charge < -0.3 is 30.7 Å². The minimum Gasteiger partial charge on any atom is -0.390 e. The Bertz CT molecular complexity index is 1530. The summed E-state index contributed by atoms with van der Waals surface area (Å²) in [5.41, 5.74) is 2.68. The van der Waals surface area contributed by atoms with Crippen LogP contribution in [0.15, 0.2) is 54.6 Å². The Kier molecular flexibility index (Phi) is 14.9. The average Bonchev–Trinajstić information content (AvgIpc) is 3.53. The lowest BCUT2D eigenvalue weighted by Crippen LogP contribution is -2.56. The molecule has 0 radical (unpaired) electrons. The quantitative estimate of drug-likeness (QED) is 0.124. The fourth-order valence-electron chi connectivity index (χ4n) is 6.90. The number of benzene rings is 2. The molecule has 1 aromatic heterocycles. The lowest BCUT2D eigenvalue weighted by atomic mass is 9.82. The van der Waals surface area contributed by atoms with Gasteiger partial charge in [0.25, 0.3) is 0 Å². The summed E-state index contributed by atoms with van der Waals surface area (Å²) in [4.78, 5) is 50.6. The summed E-state index contributed by atoms with van der Waals surface area (Å²) in [7, 11) is 1.71. The molecule has 0 bridgehead atoms. The Morgan fingerprint density at radius 3 is 2.38 bits per heavy atom. The lowest BCUT2D eigenvalue weighted by molar-refractivity contribution is -0.136. The molecule has 3 aromatic rings. The second-order valence-electron chi connectivity index (χ2n) is 14.4. The Labute approximate surface area is 296 Å². The van der Waals surface area contributed by atoms with Crippen molar-refractivity contribution in [1.29, 1.82) is 0 Å². The van der Waals surface area contributed by atoms with Crippen LogP contribution < -0.4 is 10.6 Å². The van der Waals surface area contributed by atoms with Crippen molar-refractivity contribution >= 4 is 28.8 Å². The number of nitrogens with one attached hydrogen (secondary N) is 3. The standard InChI is InChI=1S/C40H55N5O5/c1-5-14-33(40(50)44-34(25-29-17-10-7-11-18-29)38(48)35(46)23-27(2)3)43-39(49)30(24-28-15-8-6-9-16-28)26-37(47)45(4)22-21-36-41-31-19-12-13-20-32(31)42-36/h1,6,8-9,12-13,15-16,19-20,27,29-30,33-35,38,46,48H,7,10-11,14,17-18,21-26H2,2-4H3,(H,41,42)(H,43,49)(H,44,50)/t30?,33-,34-,35-,38?/m0/s1. The molecule has 0 spiro atoms. The first kappa shape index (κ1) is 38.6. The number of likely N-dealkylation sites (N-methyl/N-ethyl adjacent to an activating group) is 1. The fourth-order valence-corrected chi connectivity index (χ4v) is 6.90. The number of aromatic amines is 1. The topological polar surface area (TPSA) is 148 Å². The van der Waals surface area contributed by atoms with Crippen molar-refractivity contribution in [2.75, 3.05) is 13.6 Å². The normalized spacial score (nSPS) is 16.6. The fraction of sp³-hybridized carbons (Fsp3) is 0.550. The largest absolute Gasteiger partial charge is 0.390 e. The van der Waals surface area contributed by atoms with Gasteiger partial charge in [0.15, 0.2) is 0 Å². The number of nitrogens with zero attached hydrogens (tertiary/aromatic N) is 2. The van der Waals surface area contributed by atoms with Gasteiger partial charge in [0.1, 0.15) is 18.0 Å². The molecule has 5 N–H and O–H groups in total. The monoisotopic (exact) mass is 685 g/mol. The molecule has 2 unspecified atom stereocenters. The van der Waals surface area contributed by atoms with Crippen molar-refractivity contribution in [2.24, 2.45) is 17.8 Å². The summed E-state index contributed by atoms with van der Waals surface area (Å²) in [5, 5.41) is 27.8. The number of amides is 3. The number of aliphatic hydroxyl groups is 2. The third-order valence-corrected chi connectivity index (χ3v) is 9.78. The highest BCUT2D eigenvalue weighted by Crippen LogP contribution is 2.29. The first-order valence-corrected chi connectivity index (χ1v) is 18.2. The smallest absolute Gasteiger partial charge is 0.243 e. The van der Waals surface area contributed by atoms with E-state index in [0.29, 0.717) is 38.1 Å². The molecule has 0 aliphatic heterocycles. The van der Waals surface area contributed by atoms with Gasteiger partial charge in [0.2, 0.25) is 17.7 Å². The van der Waals surface area contributed by atoms with E-state index in [1.807, 2.05) is 68.4 Å². The Balaban J connectivity index is 1.44. The van der Waals surface area contributed by atoms with Crippen LogP contribution in [0.5, 0.6) is 0 Å². The molecule has 0 saturated heterocycles. The maximum absolute atomic E-state index is 13.9. The van der Waals surface area contributed by atoms with Gasteiger partial charge in [-0.2, -0.15) is 0 Å². The minimum absolute atomic E-state index is 0.0633. The number of imidazole rings is 1. The molecule has 1 heterocycles. The van der Waals surface area contributed by atoms with Crippen LogP contribution in [0.1, 0.15) is 83.0 Å². The van der Waals surface area contributed by atoms with Crippen LogP contribution in [-0.4, -0.2) is 80.7 Å². The van der Waals surface area contributed by atoms with Crippen LogP contribution >= 0.6 is 0 Å². The second kappa shape index (κ2) is 19.3. The molecule has 2 aromatic carbocycles. The van der Waals surface area contributed by atoms with Crippen LogP contribution in [0.3, 0.4) is 0 Å². The van der Waals surface area contributed by atoms with Gasteiger partial charge in [-0.05, 0) is 48.8 Å². The SMILES string of the molecule is C#CC[C@H](NC(=O)C(CC(=O)N(C)CCc1nc2ccccc2[nH]1)Cc1ccccc1)C(=O)N[C@@H](CC1CCCCC1)C(O)[C@@H](O)CC(C)C. The zero-order valence-electron chi connectivity index (χ0n) is 29.8. The van der Waals surface area contributed by atoms with E-state index in [1.165, 1.54) is 6.42 Å². The zero-order chi connectivity index (χ0) is 36.0. The van der Waals surface area contributed by atoms with Crippen molar-refractivity contribution in [3.05, 3.63) is 66.0 Å². The highest BCUT2D eigenvalue weighted by atomic mass is 16.3. The van der Waals surface area contributed by atoms with Crippen molar-refractivity contribution in [3.8, 4) is 12.3 Å². The Hall–Kier alpha value is -4.20. The molecule has 1 fully saturated rings. The van der Waals surface area contributed by atoms with Crippen LogP contribution in [0, 0.1) is 30.1 Å². The summed E-state index contributed by atoms with van der Waals surface area (Å²) in [6.07, 6.45) is 10.5. The number of aromatic nitrogens is 2. The molecule has 1 saturated carbocycles. The van der Waals surface area contributed by atoms with Crippen molar-refractivity contribution < 1.29 is 24.6 Å². The molecular formula is C40H55N5O5. The van der Waals surface area contributed by atoms with Crippen molar-refractivity contribution in [3.63, 3.8) is 0 Å². The van der Waals surface area contributed by atoms with Gasteiger partial charge in [0, 0.05) is 32.9 Å².